The Morgan fingerprint density at radius 2 is 1.95 bits per heavy atom. The van der Waals surface area contributed by atoms with Crippen LogP contribution in [0.2, 0.25) is 0 Å². The lowest BCUT2D eigenvalue weighted by atomic mass is 9.99. The van der Waals surface area contributed by atoms with Crippen LogP contribution in [-0.4, -0.2) is 30.1 Å². The number of ether oxygens (including phenoxy) is 1. The lowest BCUT2D eigenvalue weighted by molar-refractivity contribution is -0.121. The first-order valence-electron chi connectivity index (χ1n) is 8.40. The molecule has 2 bridgehead atoms. The first-order valence-corrected chi connectivity index (χ1v) is 8.40. The molecule has 2 heterocycles. The van der Waals surface area contributed by atoms with Gasteiger partial charge in [0.1, 0.15) is 5.75 Å². The zero-order valence-electron chi connectivity index (χ0n) is 13.5. The van der Waals surface area contributed by atoms with Gasteiger partial charge in [0.2, 0.25) is 5.91 Å². The van der Waals surface area contributed by atoms with Crippen LogP contribution in [0.1, 0.15) is 45.1 Å². The number of nitrogens with one attached hydrogen (secondary N) is 2. The van der Waals surface area contributed by atoms with Crippen molar-refractivity contribution < 1.29 is 9.53 Å². The van der Waals surface area contributed by atoms with Gasteiger partial charge in [0.15, 0.2) is 0 Å². The Bertz CT molecular complexity index is 518. The Kier molecular flexibility index (Phi) is 4.67. The molecule has 2 aliphatic heterocycles. The Morgan fingerprint density at radius 3 is 2.64 bits per heavy atom. The number of benzene rings is 1. The van der Waals surface area contributed by atoms with Gasteiger partial charge in [-0.2, -0.15) is 0 Å². The summed E-state index contributed by atoms with van der Waals surface area (Å²) in [4.78, 5) is 12.4. The molecular formula is C18H26N2O2. The van der Waals surface area contributed by atoms with Crippen molar-refractivity contribution >= 4 is 5.91 Å². The molecule has 0 aromatic heterocycles. The van der Waals surface area contributed by atoms with E-state index >= 15 is 0 Å². The van der Waals surface area contributed by atoms with Crippen molar-refractivity contribution in [1.82, 2.24) is 10.6 Å². The Morgan fingerprint density at radius 1 is 1.27 bits per heavy atom. The Labute approximate surface area is 132 Å². The maximum atomic E-state index is 12.4. The summed E-state index contributed by atoms with van der Waals surface area (Å²) in [5, 5.41) is 6.82. The number of amides is 1. The molecule has 3 rings (SSSR count). The highest BCUT2D eigenvalue weighted by Gasteiger charge is 2.33. The highest BCUT2D eigenvalue weighted by molar-refractivity contribution is 5.79. The van der Waals surface area contributed by atoms with Crippen molar-refractivity contribution in [3.05, 3.63) is 29.8 Å². The molecule has 0 radical (unpaired) electrons. The van der Waals surface area contributed by atoms with Gasteiger partial charge in [0.05, 0.1) is 12.5 Å². The number of carbonyl (C=O) groups is 1. The van der Waals surface area contributed by atoms with E-state index in [1.54, 1.807) is 0 Å². The maximum Gasteiger partial charge on any atom is 0.224 e. The molecule has 1 aromatic carbocycles. The molecule has 2 fully saturated rings. The molecule has 120 valence electrons. The molecule has 22 heavy (non-hydrogen) atoms. The molecule has 2 saturated heterocycles. The molecule has 2 N–H and O–H groups in total. The minimum atomic E-state index is 0.103. The molecule has 4 nitrogen and oxygen atoms in total. The third kappa shape index (κ3) is 3.80. The molecule has 1 aromatic rings. The second kappa shape index (κ2) is 6.69. The van der Waals surface area contributed by atoms with Crippen molar-refractivity contribution in [2.24, 2.45) is 0 Å². The number of fused-ring (bicyclic) bond motifs is 2. The fourth-order valence-corrected chi connectivity index (χ4v) is 3.65. The minimum Gasteiger partial charge on any atom is -0.491 e. The normalized spacial score (nSPS) is 27.0. The van der Waals surface area contributed by atoms with Gasteiger partial charge in [0.25, 0.3) is 0 Å². The van der Waals surface area contributed by atoms with Crippen LogP contribution in [0.5, 0.6) is 5.75 Å². The molecule has 4 heteroatoms. The lowest BCUT2D eigenvalue weighted by Crippen LogP contribution is -2.48. The van der Waals surface area contributed by atoms with E-state index in [1.807, 2.05) is 38.1 Å². The summed E-state index contributed by atoms with van der Waals surface area (Å²) in [6.45, 7) is 4.00. The van der Waals surface area contributed by atoms with Gasteiger partial charge in [-0.15, -0.1) is 0 Å². The molecule has 0 saturated carbocycles. The van der Waals surface area contributed by atoms with Crippen LogP contribution in [0.25, 0.3) is 0 Å². The van der Waals surface area contributed by atoms with E-state index in [-0.39, 0.29) is 12.0 Å². The van der Waals surface area contributed by atoms with Gasteiger partial charge in [-0.05, 0) is 45.6 Å². The van der Waals surface area contributed by atoms with Crippen LogP contribution in [0, 0.1) is 0 Å². The molecule has 2 atom stereocenters. The molecule has 0 aliphatic carbocycles. The van der Waals surface area contributed by atoms with Crippen molar-refractivity contribution in [3.63, 3.8) is 0 Å². The number of piperidine rings is 1. The van der Waals surface area contributed by atoms with Crippen LogP contribution in [0.15, 0.2) is 24.3 Å². The predicted molar refractivity (Wildman–Crippen MR) is 87.0 cm³/mol. The molecule has 0 spiro atoms. The third-order valence-corrected chi connectivity index (χ3v) is 4.52. The minimum absolute atomic E-state index is 0.103. The summed E-state index contributed by atoms with van der Waals surface area (Å²) < 4.78 is 5.79. The van der Waals surface area contributed by atoms with Gasteiger partial charge in [0, 0.05) is 23.7 Å². The van der Waals surface area contributed by atoms with E-state index in [4.69, 9.17) is 4.74 Å². The van der Waals surface area contributed by atoms with E-state index < -0.39 is 0 Å². The summed E-state index contributed by atoms with van der Waals surface area (Å²) in [6.07, 6.45) is 5.13. The summed E-state index contributed by atoms with van der Waals surface area (Å²) in [7, 11) is 0. The van der Waals surface area contributed by atoms with Gasteiger partial charge >= 0.3 is 0 Å². The number of carbonyl (C=O) groups excluding carboxylic acids is 1. The van der Waals surface area contributed by atoms with Crippen LogP contribution in [0.4, 0.5) is 0 Å². The lowest BCUT2D eigenvalue weighted by Gasteiger charge is -2.29. The highest BCUT2D eigenvalue weighted by Crippen LogP contribution is 2.27. The molecule has 2 aliphatic rings. The Balaban J connectivity index is 1.58. The summed E-state index contributed by atoms with van der Waals surface area (Å²) in [5.74, 6) is 0.920. The van der Waals surface area contributed by atoms with Crippen LogP contribution in [-0.2, 0) is 11.2 Å². The third-order valence-electron chi connectivity index (χ3n) is 4.52. The van der Waals surface area contributed by atoms with Crippen molar-refractivity contribution in [1.29, 1.82) is 0 Å². The summed E-state index contributed by atoms with van der Waals surface area (Å²) in [6, 6.07) is 9.34. The average molecular weight is 302 g/mol. The fourth-order valence-electron chi connectivity index (χ4n) is 3.65. The summed E-state index contributed by atoms with van der Waals surface area (Å²) in [5.41, 5.74) is 0.964. The van der Waals surface area contributed by atoms with E-state index in [1.165, 1.54) is 12.8 Å². The monoisotopic (exact) mass is 302 g/mol. The van der Waals surface area contributed by atoms with E-state index in [0.29, 0.717) is 24.5 Å². The molecule has 2 unspecified atom stereocenters. The van der Waals surface area contributed by atoms with Crippen molar-refractivity contribution in [2.45, 2.75) is 70.2 Å². The van der Waals surface area contributed by atoms with E-state index in [2.05, 4.69) is 10.6 Å². The fraction of sp³-hybridized carbons (Fsp3) is 0.611. The number of para-hydroxylation sites is 1. The summed E-state index contributed by atoms with van der Waals surface area (Å²) >= 11 is 0. The zero-order chi connectivity index (χ0) is 15.5. The SMILES string of the molecule is CC(C)Oc1ccccc1CC(=O)NC1CC2CCC(C1)N2. The van der Waals surface area contributed by atoms with Gasteiger partial charge in [-0.1, -0.05) is 18.2 Å². The predicted octanol–water partition coefficient (Wildman–Crippen LogP) is 2.42. The van der Waals surface area contributed by atoms with Crippen molar-refractivity contribution in [2.75, 3.05) is 0 Å². The maximum absolute atomic E-state index is 12.4. The van der Waals surface area contributed by atoms with E-state index in [9.17, 15) is 4.79 Å². The highest BCUT2D eigenvalue weighted by atomic mass is 16.5. The standard InChI is InChI=1S/C18H26N2O2/c1-12(2)22-17-6-4-3-5-13(17)9-18(21)20-16-10-14-7-8-15(11-16)19-14/h3-6,12,14-16,19H,7-11H2,1-2H3,(H,20,21). The van der Waals surface area contributed by atoms with E-state index in [0.717, 1.165) is 24.2 Å². The van der Waals surface area contributed by atoms with Crippen LogP contribution in [0.3, 0.4) is 0 Å². The Hall–Kier alpha value is -1.55. The number of hydrogen-bond acceptors (Lipinski definition) is 3. The first-order chi connectivity index (χ1) is 10.6. The largest absolute Gasteiger partial charge is 0.491 e. The topological polar surface area (TPSA) is 50.4 Å². The van der Waals surface area contributed by atoms with Gasteiger partial charge in [-0.3, -0.25) is 4.79 Å². The number of rotatable bonds is 5. The molecular weight excluding hydrogens is 276 g/mol. The first kappa shape index (κ1) is 15.3. The average Bonchev–Trinajstić information content (AvgIpc) is 2.79. The smallest absolute Gasteiger partial charge is 0.224 e. The van der Waals surface area contributed by atoms with Gasteiger partial charge in [-0.25, -0.2) is 0 Å². The van der Waals surface area contributed by atoms with Crippen LogP contribution >= 0.6 is 0 Å². The van der Waals surface area contributed by atoms with Crippen LogP contribution < -0.4 is 15.4 Å². The second-order valence-corrected chi connectivity index (χ2v) is 6.82. The van der Waals surface area contributed by atoms with Crippen molar-refractivity contribution in [3.8, 4) is 5.75 Å². The second-order valence-electron chi connectivity index (χ2n) is 6.82. The zero-order valence-corrected chi connectivity index (χ0v) is 13.5. The number of hydrogen-bond donors (Lipinski definition) is 2. The molecule has 1 amide bonds. The quantitative estimate of drug-likeness (QED) is 0.878. The van der Waals surface area contributed by atoms with Gasteiger partial charge < -0.3 is 15.4 Å².